The molecule has 0 aliphatic carbocycles. The average molecular weight is 178 g/mol. The number of fused-ring (bicyclic) bond motifs is 1. The van der Waals surface area contributed by atoms with Crippen molar-refractivity contribution in [3.05, 3.63) is 23.8 Å². The van der Waals surface area contributed by atoms with Gasteiger partial charge in [0.25, 0.3) is 0 Å². The Bertz CT molecular complexity index is 333. The van der Waals surface area contributed by atoms with Gasteiger partial charge in [-0.25, -0.2) is 0 Å². The Morgan fingerprint density at radius 3 is 3.08 bits per heavy atom. The summed E-state index contributed by atoms with van der Waals surface area (Å²) in [4.78, 5) is 10.5. The topological polar surface area (TPSA) is 35.5 Å². The van der Waals surface area contributed by atoms with E-state index in [-0.39, 0.29) is 6.10 Å². The van der Waals surface area contributed by atoms with Gasteiger partial charge in [-0.05, 0) is 25.1 Å². The molecule has 1 aliphatic heterocycles. The molecule has 0 amide bonds. The van der Waals surface area contributed by atoms with E-state index in [1.54, 1.807) is 18.2 Å². The number of carbonyl (C=O) groups is 1. The number of ether oxygens (including phenoxy) is 2. The predicted molar refractivity (Wildman–Crippen MR) is 47.4 cm³/mol. The summed E-state index contributed by atoms with van der Waals surface area (Å²) in [6, 6.07) is 5.16. The maximum Gasteiger partial charge on any atom is 0.162 e. The van der Waals surface area contributed by atoms with Gasteiger partial charge in [0.05, 0.1) is 0 Å². The van der Waals surface area contributed by atoms with Gasteiger partial charge in [-0.3, -0.25) is 4.79 Å². The molecule has 0 saturated carbocycles. The minimum Gasteiger partial charge on any atom is -0.486 e. The van der Waals surface area contributed by atoms with Crippen molar-refractivity contribution >= 4 is 6.29 Å². The summed E-state index contributed by atoms with van der Waals surface area (Å²) in [6.45, 7) is 2.49. The molecule has 0 spiro atoms. The highest BCUT2D eigenvalue weighted by Gasteiger charge is 2.16. The fourth-order valence-electron chi connectivity index (χ4n) is 1.27. The number of hydrogen-bond acceptors (Lipinski definition) is 3. The van der Waals surface area contributed by atoms with Crippen LogP contribution in [0.2, 0.25) is 0 Å². The molecule has 1 heterocycles. The molecule has 1 aliphatic rings. The highest BCUT2D eigenvalue weighted by Crippen LogP contribution is 2.31. The monoisotopic (exact) mass is 178 g/mol. The minimum absolute atomic E-state index is 0.0504. The van der Waals surface area contributed by atoms with E-state index in [0.29, 0.717) is 23.7 Å². The molecule has 13 heavy (non-hydrogen) atoms. The standard InChI is InChI=1S/C10H10O3/c1-7-6-12-9-3-2-8(5-11)4-10(9)13-7/h2-5,7H,6H2,1H3. The molecule has 3 heteroatoms. The number of aldehydes is 1. The van der Waals surface area contributed by atoms with Crippen molar-refractivity contribution in [1.82, 2.24) is 0 Å². The summed E-state index contributed by atoms with van der Waals surface area (Å²) in [5, 5.41) is 0. The first-order valence-electron chi connectivity index (χ1n) is 4.18. The third kappa shape index (κ3) is 1.49. The summed E-state index contributed by atoms with van der Waals surface area (Å²) in [7, 11) is 0. The third-order valence-corrected chi connectivity index (χ3v) is 1.91. The fourth-order valence-corrected chi connectivity index (χ4v) is 1.27. The Balaban J connectivity index is 2.38. The third-order valence-electron chi connectivity index (χ3n) is 1.91. The van der Waals surface area contributed by atoms with Crippen LogP contribution < -0.4 is 9.47 Å². The molecule has 0 radical (unpaired) electrons. The van der Waals surface area contributed by atoms with Crippen LogP contribution in [0.25, 0.3) is 0 Å². The smallest absolute Gasteiger partial charge is 0.162 e. The lowest BCUT2D eigenvalue weighted by atomic mass is 10.2. The van der Waals surface area contributed by atoms with E-state index in [9.17, 15) is 4.79 Å². The lowest BCUT2D eigenvalue weighted by Crippen LogP contribution is -2.25. The van der Waals surface area contributed by atoms with Gasteiger partial charge < -0.3 is 9.47 Å². The Hall–Kier alpha value is -1.51. The van der Waals surface area contributed by atoms with Gasteiger partial charge in [0.2, 0.25) is 0 Å². The van der Waals surface area contributed by atoms with Gasteiger partial charge in [-0.15, -0.1) is 0 Å². The molecule has 2 rings (SSSR count). The molecule has 0 saturated heterocycles. The lowest BCUT2D eigenvalue weighted by molar-refractivity contribution is 0.103. The second kappa shape index (κ2) is 3.09. The number of hydrogen-bond donors (Lipinski definition) is 0. The van der Waals surface area contributed by atoms with E-state index in [1.165, 1.54) is 0 Å². The van der Waals surface area contributed by atoms with Gasteiger partial charge in [0, 0.05) is 5.56 Å². The van der Waals surface area contributed by atoms with Crippen LogP contribution in [0.4, 0.5) is 0 Å². The van der Waals surface area contributed by atoms with Crippen LogP contribution in [0.5, 0.6) is 11.5 Å². The second-order valence-electron chi connectivity index (χ2n) is 3.06. The zero-order valence-corrected chi connectivity index (χ0v) is 7.32. The average Bonchev–Trinajstić information content (AvgIpc) is 2.16. The number of carbonyl (C=O) groups excluding carboxylic acids is 1. The Kier molecular flexibility index (Phi) is 1.93. The van der Waals surface area contributed by atoms with Crippen molar-refractivity contribution in [2.24, 2.45) is 0 Å². The largest absolute Gasteiger partial charge is 0.486 e. The van der Waals surface area contributed by atoms with Crippen LogP contribution >= 0.6 is 0 Å². The molecule has 0 aromatic heterocycles. The van der Waals surface area contributed by atoms with Crippen LogP contribution in [0.3, 0.4) is 0 Å². The lowest BCUT2D eigenvalue weighted by Gasteiger charge is -2.23. The SMILES string of the molecule is CC1COc2ccc(C=O)cc2O1. The van der Waals surface area contributed by atoms with Crippen LogP contribution in [0, 0.1) is 0 Å². The summed E-state index contributed by atoms with van der Waals surface area (Å²) in [5.41, 5.74) is 0.608. The van der Waals surface area contributed by atoms with E-state index >= 15 is 0 Å². The first kappa shape index (κ1) is 8.10. The zero-order chi connectivity index (χ0) is 9.26. The van der Waals surface area contributed by atoms with Crippen molar-refractivity contribution in [3.8, 4) is 11.5 Å². The van der Waals surface area contributed by atoms with Crippen molar-refractivity contribution in [3.63, 3.8) is 0 Å². The molecule has 68 valence electrons. The van der Waals surface area contributed by atoms with Crippen molar-refractivity contribution < 1.29 is 14.3 Å². The fraction of sp³-hybridized carbons (Fsp3) is 0.300. The number of rotatable bonds is 1. The molecular weight excluding hydrogens is 168 g/mol. The van der Waals surface area contributed by atoms with E-state index in [1.807, 2.05) is 6.92 Å². The van der Waals surface area contributed by atoms with Crippen molar-refractivity contribution in [1.29, 1.82) is 0 Å². The summed E-state index contributed by atoms with van der Waals surface area (Å²) >= 11 is 0. The first-order chi connectivity index (χ1) is 6.29. The van der Waals surface area contributed by atoms with Gasteiger partial charge in [0.1, 0.15) is 19.0 Å². The Morgan fingerprint density at radius 1 is 1.46 bits per heavy atom. The number of benzene rings is 1. The molecular formula is C10H10O3. The molecule has 0 fully saturated rings. The molecule has 0 bridgehead atoms. The van der Waals surface area contributed by atoms with Crippen molar-refractivity contribution in [2.75, 3.05) is 6.61 Å². The second-order valence-corrected chi connectivity index (χ2v) is 3.06. The van der Waals surface area contributed by atoms with Gasteiger partial charge >= 0.3 is 0 Å². The predicted octanol–water partition coefficient (Wildman–Crippen LogP) is 1.66. The summed E-state index contributed by atoms with van der Waals surface area (Å²) in [5.74, 6) is 1.37. The molecule has 1 aromatic rings. The zero-order valence-electron chi connectivity index (χ0n) is 7.32. The van der Waals surface area contributed by atoms with Gasteiger partial charge in [-0.1, -0.05) is 0 Å². The molecule has 1 aromatic carbocycles. The molecule has 1 atom stereocenters. The highest BCUT2D eigenvalue weighted by molar-refractivity contribution is 5.76. The van der Waals surface area contributed by atoms with Gasteiger partial charge in [-0.2, -0.15) is 0 Å². The minimum atomic E-state index is 0.0504. The maximum absolute atomic E-state index is 10.5. The quantitative estimate of drug-likeness (QED) is 0.613. The van der Waals surface area contributed by atoms with Gasteiger partial charge in [0.15, 0.2) is 11.5 Å². The first-order valence-corrected chi connectivity index (χ1v) is 4.18. The summed E-state index contributed by atoms with van der Waals surface area (Å²) < 4.78 is 10.9. The molecule has 3 nitrogen and oxygen atoms in total. The van der Waals surface area contributed by atoms with E-state index in [2.05, 4.69) is 0 Å². The summed E-state index contributed by atoms with van der Waals surface area (Å²) in [6.07, 6.45) is 0.845. The van der Waals surface area contributed by atoms with E-state index in [0.717, 1.165) is 6.29 Å². The Morgan fingerprint density at radius 2 is 2.31 bits per heavy atom. The van der Waals surface area contributed by atoms with Crippen LogP contribution in [-0.4, -0.2) is 19.0 Å². The van der Waals surface area contributed by atoms with E-state index in [4.69, 9.17) is 9.47 Å². The van der Waals surface area contributed by atoms with Crippen LogP contribution in [-0.2, 0) is 0 Å². The molecule has 1 unspecified atom stereocenters. The maximum atomic E-state index is 10.5. The highest BCUT2D eigenvalue weighted by atomic mass is 16.6. The molecule has 0 N–H and O–H groups in total. The van der Waals surface area contributed by atoms with Crippen molar-refractivity contribution in [2.45, 2.75) is 13.0 Å². The van der Waals surface area contributed by atoms with Crippen LogP contribution in [0.15, 0.2) is 18.2 Å². The van der Waals surface area contributed by atoms with Crippen LogP contribution in [0.1, 0.15) is 17.3 Å². The normalized spacial score (nSPS) is 19.6. The van der Waals surface area contributed by atoms with E-state index < -0.39 is 0 Å². The Labute approximate surface area is 76.3 Å².